The first-order valence-corrected chi connectivity index (χ1v) is 9.39. The molecule has 1 aromatic carbocycles. The molecule has 1 aromatic rings. The van der Waals surface area contributed by atoms with Crippen LogP contribution in [0.25, 0.3) is 0 Å². The summed E-state index contributed by atoms with van der Waals surface area (Å²) in [5.74, 6) is -1.34. The predicted octanol–water partition coefficient (Wildman–Crippen LogP) is 0.0416. The first-order valence-electron chi connectivity index (χ1n) is 9.39. The summed E-state index contributed by atoms with van der Waals surface area (Å²) in [6.07, 6.45) is 0.806. The van der Waals surface area contributed by atoms with Crippen LogP contribution in [0.2, 0.25) is 0 Å². The van der Waals surface area contributed by atoms with Crippen LogP contribution in [0.1, 0.15) is 16.8 Å². The lowest BCUT2D eigenvalue weighted by Crippen LogP contribution is -2.31. The highest BCUT2D eigenvalue weighted by Crippen LogP contribution is 2.24. The van der Waals surface area contributed by atoms with E-state index >= 15 is 0 Å². The maximum atomic E-state index is 12.7. The molecule has 2 rings (SSSR count). The number of para-hydroxylation sites is 1. The van der Waals surface area contributed by atoms with E-state index in [1.165, 1.54) is 12.0 Å². The van der Waals surface area contributed by atoms with Gasteiger partial charge >= 0.3 is 5.97 Å². The van der Waals surface area contributed by atoms with Crippen molar-refractivity contribution in [3.05, 3.63) is 41.1 Å². The number of ether oxygens (including phenoxy) is 1. The number of carbonyl (C=O) groups is 3. The Bertz CT molecular complexity index is 791. The van der Waals surface area contributed by atoms with E-state index in [-0.39, 0.29) is 36.9 Å². The van der Waals surface area contributed by atoms with Gasteiger partial charge in [-0.1, -0.05) is 12.1 Å². The Balaban J connectivity index is 2.20. The lowest BCUT2D eigenvalue weighted by Gasteiger charge is -2.16. The van der Waals surface area contributed by atoms with Gasteiger partial charge in [-0.05, 0) is 39.2 Å². The number of anilines is 1. The van der Waals surface area contributed by atoms with Gasteiger partial charge < -0.3 is 30.3 Å². The number of β-amino-alcohol motifs (C(OH)–C–C–N with tert-alkyl or cyclic N) is 1. The number of carbonyl (C=O) groups excluding carboxylic acids is 3. The van der Waals surface area contributed by atoms with Gasteiger partial charge in [0, 0.05) is 13.1 Å². The van der Waals surface area contributed by atoms with Crippen LogP contribution in [0, 0.1) is 0 Å². The summed E-state index contributed by atoms with van der Waals surface area (Å²) >= 11 is 0. The van der Waals surface area contributed by atoms with Crippen LogP contribution < -0.4 is 10.6 Å². The lowest BCUT2D eigenvalue weighted by molar-refractivity contribution is -0.136. The number of nitrogens with one attached hydrogen (secondary N) is 2. The van der Waals surface area contributed by atoms with Crippen molar-refractivity contribution in [3.63, 3.8) is 0 Å². The predicted molar refractivity (Wildman–Crippen MR) is 108 cm³/mol. The van der Waals surface area contributed by atoms with Crippen LogP contribution >= 0.6 is 0 Å². The molecule has 0 bridgehead atoms. The van der Waals surface area contributed by atoms with E-state index in [0.29, 0.717) is 17.8 Å². The minimum absolute atomic E-state index is 0.0350. The zero-order chi connectivity index (χ0) is 21.4. The summed E-state index contributed by atoms with van der Waals surface area (Å²) in [5, 5.41) is 15.0. The monoisotopic (exact) mass is 404 g/mol. The van der Waals surface area contributed by atoms with Crippen molar-refractivity contribution >= 4 is 23.5 Å². The smallest absolute Gasteiger partial charge is 0.337 e. The van der Waals surface area contributed by atoms with Crippen molar-refractivity contribution in [2.24, 2.45) is 0 Å². The third-order valence-electron chi connectivity index (χ3n) is 4.45. The van der Waals surface area contributed by atoms with E-state index in [9.17, 15) is 14.4 Å². The van der Waals surface area contributed by atoms with Gasteiger partial charge in [0.2, 0.25) is 0 Å². The fourth-order valence-corrected chi connectivity index (χ4v) is 2.97. The van der Waals surface area contributed by atoms with E-state index in [4.69, 9.17) is 9.84 Å². The molecule has 0 unspecified atom stereocenters. The van der Waals surface area contributed by atoms with Gasteiger partial charge in [0.05, 0.1) is 37.1 Å². The van der Waals surface area contributed by atoms with Crippen LogP contribution in [0.4, 0.5) is 5.69 Å². The molecule has 1 aliphatic rings. The summed E-state index contributed by atoms with van der Waals surface area (Å²) in [5.41, 5.74) is 0.987. The molecule has 0 saturated carbocycles. The Morgan fingerprint density at radius 3 is 2.66 bits per heavy atom. The summed E-state index contributed by atoms with van der Waals surface area (Å²) in [4.78, 5) is 40.8. The number of aliphatic hydroxyl groups excluding tert-OH is 1. The molecule has 0 atom stereocenters. The standard InChI is InChI=1S/C20H28N4O5/c1-23(2)10-6-9-21-18(26)14-7-4-5-8-16(14)22-17-15(20(28)29-3)13-24(11-12-25)19(17)27/h4-5,7-8,22,25H,6,9-13H2,1-3H3,(H,21,26). The molecule has 0 aromatic heterocycles. The fourth-order valence-electron chi connectivity index (χ4n) is 2.97. The molecule has 9 nitrogen and oxygen atoms in total. The van der Waals surface area contributed by atoms with Gasteiger partial charge in [0.1, 0.15) is 5.70 Å². The zero-order valence-electron chi connectivity index (χ0n) is 17.0. The molecule has 3 N–H and O–H groups in total. The maximum Gasteiger partial charge on any atom is 0.337 e. The average molecular weight is 404 g/mol. The summed E-state index contributed by atoms with van der Waals surface area (Å²) in [7, 11) is 5.17. The molecule has 0 saturated heterocycles. The van der Waals surface area contributed by atoms with Crippen LogP contribution in [0.5, 0.6) is 0 Å². The van der Waals surface area contributed by atoms with Gasteiger partial charge in [-0.3, -0.25) is 9.59 Å². The third-order valence-corrected chi connectivity index (χ3v) is 4.45. The number of aliphatic hydroxyl groups is 1. The maximum absolute atomic E-state index is 12.7. The Morgan fingerprint density at radius 1 is 1.28 bits per heavy atom. The first kappa shape index (κ1) is 22.4. The van der Waals surface area contributed by atoms with Crippen molar-refractivity contribution in [1.29, 1.82) is 0 Å². The summed E-state index contributed by atoms with van der Waals surface area (Å²) < 4.78 is 4.78. The normalized spacial score (nSPS) is 13.8. The van der Waals surface area contributed by atoms with E-state index in [1.807, 2.05) is 19.0 Å². The largest absolute Gasteiger partial charge is 0.466 e. The second-order valence-electron chi connectivity index (χ2n) is 6.88. The summed E-state index contributed by atoms with van der Waals surface area (Å²) in [6, 6.07) is 6.77. The molecule has 0 spiro atoms. The van der Waals surface area contributed by atoms with Crippen molar-refractivity contribution < 1.29 is 24.2 Å². The summed E-state index contributed by atoms with van der Waals surface area (Å²) in [6.45, 7) is 1.28. The highest BCUT2D eigenvalue weighted by molar-refractivity contribution is 6.09. The lowest BCUT2D eigenvalue weighted by atomic mass is 10.1. The van der Waals surface area contributed by atoms with Crippen molar-refractivity contribution in [1.82, 2.24) is 15.1 Å². The molecule has 0 fully saturated rings. The Labute approximate surface area is 170 Å². The molecule has 1 aliphatic heterocycles. The first-order chi connectivity index (χ1) is 13.9. The van der Waals surface area contributed by atoms with Crippen LogP contribution in [0.15, 0.2) is 35.5 Å². The fraction of sp³-hybridized carbons (Fsp3) is 0.450. The van der Waals surface area contributed by atoms with E-state index in [1.54, 1.807) is 24.3 Å². The van der Waals surface area contributed by atoms with Crippen LogP contribution in [-0.4, -0.2) is 86.7 Å². The minimum Gasteiger partial charge on any atom is -0.466 e. The molecule has 9 heteroatoms. The second kappa shape index (κ2) is 10.6. The number of amides is 2. The third kappa shape index (κ3) is 5.78. The molecule has 158 valence electrons. The molecular weight excluding hydrogens is 376 g/mol. The highest BCUT2D eigenvalue weighted by atomic mass is 16.5. The SMILES string of the molecule is COC(=O)C1=C(Nc2ccccc2C(=O)NCCCN(C)C)C(=O)N(CCO)C1. The van der Waals surface area contributed by atoms with Crippen LogP contribution in [-0.2, 0) is 14.3 Å². The Hall–Kier alpha value is -2.91. The van der Waals surface area contributed by atoms with Crippen molar-refractivity contribution in [2.45, 2.75) is 6.42 Å². The topological polar surface area (TPSA) is 111 Å². The van der Waals surface area contributed by atoms with Crippen LogP contribution in [0.3, 0.4) is 0 Å². The van der Waals surface area contributed by atoms with E-state index in [2.05, 4.69) is 10.6 Å². The van der Waals surface area contributed by atoms with Gasteiger partial charge in [-0.15, -0.1) is 0 Å². The van der Waals surface area contributed by atoms with Gasteiger partial charge in [0.25, 0.3) is 11.8 Å². The van der Waals surface area contributed by atoms with Crippen molar-refractivity contribution in [2.75, 3.05) is 59.3 Å². The van der Waals surface area contributed by atoms with E-state index in [0.717, 1.165) is 13.0 Å². The molecule has 2 amide bonds. The number of rotatable bonds is 10. The highest BCUT2D eigenvalue weighted by Gasteiger charge is 2.34. The number of nitrogens with zero attached hydrogens (tertiary/aromatic N) is 2. The zero-order valence-corrected chi connectivity index (χ0v) is 17.0. The Morgan fingerprint density at radius 2 is 2.00 bits per heavy atom. The molecular formula is C20H28N4O5. The number of benzene rings is 1. The molecule has 1 heterocycles. The number of methoxy groups -OCH3 is 1. The van der Waals surface area contributed by atoms with Crippen molar-refractivity contribution in [3.8, 4) is 0 Å². The second-order valence-corrected chi connectivity index (χ2v) is 6.88. The number of hydrogen-bond donors (Lipinski definition) is 3. The molecule has 29 heavy (non-hydrogen) atoms. The molecule has 0 radical (unpaired) electrons. The number of hydrogen-bond acceptors (Lipinski definition) is 7. The average Bonchev–Trinajstić information content (AvgIpc) is 3.01. The van der Waals surface area contributed by atoms with Gasteiger partial charge in [-0.25, -0.2) is 4.79 Å². The molecule has 0 aliphatic carbocycles. The number of esters is 1. The van der Waals surface area contributed by atoms with E-state index < -0.39 is 11.9 Å². The Kier molecular flexibility index (Phi) is 8.17. The quantitative estimate of drug-likeness (QED) is 0.373. The minimum atomic E-state index is -0.632. The van der Waals surface area contributed by atoms with Gasteiger partial charge in [-0.2, -0.15) is 0 Å². The van der Waals surface area contributed by atoms with Gasteiger partial charge in [0.15, 0.2) is 0 Å².